The molecule has 0 aromatic heterocycles. The van der Waals surface area contributed by atoms with Crippen LogP contribution in [0.1, 0.15) is 59.7 Å². The van der Waals surface area contributed by atoms with Crippen LogP contribution in [0.5, 0.6) is 5.75 Å². The van der Waals surface area contributed by atoms with Crippen molar-refractivity contribution in [2.45, 2.75) is 52.0 Å². The van der Waals surface area contributed by atoms with Crippen LogP contribution in [0.25, 0.3) is 0 Å². The number of carbonyl (C=O) groups is 2. The topological polar surface area (TPSA) is 76.7 Å². The maximum absolute atomic E-state index is 12.9. The number of hydrogen-bond acceptors (Lipinski definition) is 5. The van der Waals surface area contributed by atoms with Gasteiger partial charge in [0, 0.05) is 24.2 Å². The average molecular weight is 487 g/mol. The number of aryl methyl sites for hydroxylation is 1. The van der Waals surface area contributed by atoms with E-state index in [-0.39, 0.29) is 11.9 Å². The SMILES string of the molecule is CCOC(=O)CCCOc1ccccc1NC(=O)c1ccc(CNc2cccc3c2CCCC3)cc1. The molecule has 1 aliphatic rings. The summed E-state index contributed by atoms with van der Waals surface area (Å²) in [6.07, 6.45) is 5.66. The number of fused-ring (bicyclic) bond motifs is 1. The maximum atomic E-state index is 12.9. The number of hydrogen-bond donors (Lipinski definition) is 2. The van der Waals surface area contributed by atoms with Crippen molar-refractivity contribution in [2.24, 2.45) is 0 Å². The summed E-state index contributed by atoms with van der Waals surface area (Å²) in [5, 5.41) is 6.51. The normalized spacial score (nSPS) is 12.4. The van der Waals surface area contributed by atoms with Gasteiger partial charge < -0.3 is 20.1 Å². The number of nitrogens with one attached hydrogen (secondary N) is 2. The molecule has 6 nitrogen and oxygen atoms in total. The van der Waals surface area contributed by atoms with E-state index in [1.807, 2.05) is 36.4 Å². The van der Waals surface area contributed by atoms with Gasteiger partial charge in [-0.2, -0.15) is 0 Å². The molecule has 2 N–H and O–H groups in total. The van der Waals surface area contributed by atoms with E-state index in [1.165, 1.54) is 29.7 Å². The fraction of sp³-hybridized carbons (Fsp3) is 0.333. The van der Waals surface area contributed by atoms with Gasteiger partial charge in [-0.3, -0.25) is 9.59 Å². The third-order valence-electron chi connectivity index (χ3n) is 6.32. The third kappa shape index (κ3) is 6.87. The summed E-state index contributed by atoms with van der Waals surface area (Å²) in [5.41, 5.74) is 6.41. The van der Waals surface area contributed by atoms with Crippen LogP contribution >= 0.6 is 0 Å². The molecule has 0 spiro atoms. The lowest BCUT2D eigenvalue weighted by Gasteiger charge is -2.20. The van der Waals surface area contributed by atoms with Gasteiger partial charge in [-0.15, -0.1) is 0 Å². The Hall–Kier alpha value is -3.80. The van der Waals surface area contributed by atoms with Crippen molar-refractivity contribution in [3.63, 3.8) is 0 Å². The minimum absolute atomic E-state index is 0.200. The molecular formula is C30H34N2O4. The number of carbonyl (C=O) groups excluding carboxylic acids is 2. The number of anilines is 2. The number of para-hydroxylation sites is 2. The zero-order valence-corrected chi connectivity index (χ0v) is 20.8. The highest BCUT2D eigenvalue weighted by Crippen LogP contribution is 2.28. The van der Waals surface area contributed by atoms with Crippen LogP contribution in [0, 0.1) is 0 Å². The second-order valence-electron chi connectivity index (χ2n) is 8.91. The van der Waals surface area contributed by atoms with Crippen molar-refractivity contribution >= 4 is 23.3 Å². The molecule has 0 saturated heterocycles. The molecule has 3 aromatic carbocycles. The summed E-state index contributed by atoms with van der Waals surface area (Å²) in [7, 11) is 0. The monoisotopic (exact) mass is 486 g/mol. The Bertz CT molecular complexity index is 1170. The molecule has 0 heterocycles. The van der Waals surface area contributed by atoms with E-state index in [9.17, 15) is 9.59 Å². The predicted octanol–water partition coefficient (Wildman–Crippen LogP) is 6.15. The van der Waals surface area contributed by atoms with Crippen LogP contribution in [0.3, 0.4) is 0 Å². The largest absolute Gasteiger partial charge is 0.491 e. The van der Waals surface area contributed by atoms with E-state index < -0.39 is 0 Å². The van der Waals surface area contributed by atoms with Crippen LogP contribution in [-0.4, -0.2) is 25.1 Å². The predicted molar refractivity (Wildman–Crippen MR) is 143 cm³/mol. The fourth-order valence-electron chi connectivity index (χ4n) is 4.44. The molecule has 188 valence electrons. The zero-order chi connectivity index (χ0) is 25.2. The standard InChI is InChI=1S/C30H34N2O4/c1-2-35-29(33)15-8-20-36-28-14-6-5-12-27(28)32-30(34)24-18-16-22(17-19-24)21-31-26-13-7-10-23-9-3-4-11-25(23)26/h5-7,10,12-14,16-19,31H,2-4,8-9,11,15,20-21H2,1H3,(H,32,34). The lowest BCUT2D eigenvalue weighted by molar-refractivity contribution is -0.143. The minimum atomic E-state index is -0.232. The summed E-state index contributed by atoms with van der Waals surface area (Å²) in [4.78, 5) is 24.3. The number of amides is 1. The van der Waals surface area contributed by atoms with Crippen LogP contribution in [-0.2, 0) is 28.9 Å². The number of ether oxygens (including phenoxy) is 2. The lowest BCUT2D eigenvalue weighted by atomic mass is 9.90. The van der Waals surface area contributed by atoms with E-state index in [1.54, 1.807) is 19.1 Å². The van der Waals surface area contributed by atoms with Crippen molar-refractivity contribution in [2.75, 3.05) is 23.8 Å². The van der Waals surface area contributed by atoms with Gasteiger partial charge >= 0.3 is 5.97 Å². The highest BCUT2D eigenvalue weighted by Gasteiger charge is 2.13. The Labute approximate surface area is 213 Å². The summed E-state index contributed by atoms with van der Waals surface area (Å²) in [5.74, 6) is 0.139. The van der Waals surface area contributed by atoms with Crippen LogP contribution in [0.2, 0.25) is 0 Å². The van der Waals surface area contributed by atoms with Gasteiger partial charge in [-0.05, 0) is 86.1 Å². The Kier molecular flexibility index (Phi) is 8.98. The first-order chi connectivity index (χ1) is 17.6. The van der Waals surface area contributed by atoms with Crippen molar-refractivity contribution in [3.8, 4) is 5.75 Å². The van der Waals surface area contributed by atoms with Gasteiger partial charge in [0.1, 0.15) is 5.75 Å². The van der Waals surface area contributed by atoms with Gasteiger partial charge in [0.2, 0.25) is 0 Å². The first kappa shape index (κ1) is 25.3. The molecule has 3 aromatic rings. The van der Waals surface area contributed by atoms with E-state index in [0.29, 0.717) is 49.6 Å². The summed E-state index contributed by atoms with van der Waals surface area (Å²) in [6, 6.07) is 21.5. The molecule has 0 bridgehead atoms. The van der Waals surface area contributed by atoms with Crippen molar-refractivity contribution in [3.05, 3.63) is 89.0 Å². The molecule has 36 heavy (non-hydrogen) atoms. The highest BCUT2D eigenvalue weighted by atomic mass is 16.5. The molecule has 4 rings (SSSR count). The minimum Gasteiger partial charge on any atom is -0.491 e. The molecule has 0 radical (unpaired) electrons. The van der Waals surface area contributed by atoms with Crippen molar-refractivity contribution < 1.29 is 19.1 Å². The van der Waals surface area contributed by atoms with Crippen molar-refractivity contribution in [1.82, 2.24) is 0 Å². The molecule has 0 atom stereocenters. The molecule has 0 unspecified atom stereocenters. The average Bonchev–Trinajstić information content (AvgIpc) is 2.91. The lowest BCUT2D eigenvalue weighted by Crippen LogP contribution is -2.13. The highest BCUT2D eigenvalue weighted by molar-refractivity contribution is 6.05. The Morgan fingerprint density at radius 3 is 2.50 bits per heavy atom. The van der Waals surface area contributed by atoms with E-state index >= 15 is 0 Å². The second kappa shape index (κ2) is 12.8. The molecule has 1 aliphatic carbocycles. The third-order valence-corrected chi connectivity index (χ3v) is 6.32. The molecular weight excluding hydrogens is 452 g/mol. The smallest absolute Gasteiger partial charge is 0.305 e. The molecule has 0 saturated carbocycles. The summed E-state index contributed by atoms with van der Waals surface area (Å²) < 4.78 is 10.7. The second-order valence-corrected chi connectivity index (χ2v) is 8.91. The number of benzene rings is 3. The van der Waals surface area contributed by atoms with Gasteiger partial charge in [0.25, 0.3) is 5.91 Å². The van der Waals surface area contributed by atoms with Crippen molar-refractivity contribution in [1.29, 1.82) is 0 Å². The summed E-state index contributed by atoms with van der Waals surface area (Å²) >= 11 is 0. The van der Waals surface area contributed by atoms with Crippen LogP contribution in [0.4, 0.5) is 11.4 Å². The van der Waals surface area contributed by atoms with Gasteiger partial charge in [-0.25, -0.2) is 0 Å². The zero-order valence-electron chi connectivity index (χ0n) is 20.8. The van der Waals surface area contributed by atoms with Crippen LogP contribution < -0.4 is 15.4 Å². The molecule has 1 amide bonds. The van der Waals surface area contributed by atoms with Gasteiger partial charge in [0.15, 0.2) is 0 Å². The molecule has 0 aliphatic heterocycles. The quantitative estimate of drug-likeness (QED) is 0.251. The van der Waals surface area contributed by atoms with Gasteiger partial charge in [-0.1, -0.05) is 36.4 Å². The molecule has 6 heteroatoms. The van der Waals surface area contributed by atoms with Crippen LogP contribution in [0.15, 0.2) is 66.7 Å². The first-order valence-corrected chi connectivity index (χ1v) is 12.8. The number of esters is 1. The Morgan fingerprint density at radius 2 is 1.67 bits per heavy atom. The maximum Gasteiger partial charge on any atom is 0.305 e. The first-order valence-electron chi connectivity index (χ1n) is 12.8. The Morgan fingerprint density at radius 1 is 0.889 bits per heavy atom. The summed E-state index contributed by atoms with van der Waals surface area (Å²) in [6.45, 7) is 3.23. The molecule has 0 fully saturated rings. The van der Waals surface area contributed by atoms with E-state index in [2.05, 4.69) is 28.8 Å². The van der Waals surface area contributed by atoms with E-state index in [0.717, 1.165) is 18.4 Å². The van der Waals surface area contributed by atoms with E-state index in [4.69, 9.17) is 9.47 Å². The number of rotatable bonds is 11. The Balaban J connectivity index is 1.30. The fourth-order valence-corrected chi connectivity index (χ4v) is 4.44. The van der Waals surface area contributed by atoms with Gasteiger partial charge in [0.05, 0.1) is 18.9 Å².